The number of benzene rings is 1. The highest BCUT2D eigenvalue weighted by atomic mass is 32.2. The van der Waals surface area contributed by atoms with E-state index in [1.165, 1.54) is 11.8 Å². The smallest absolute Gasteiger partial charge is 0.135 e. The molecular weight excluding hydrogens is 172 g/mol. The fourth-order valence-corrected chi connectivity index (χ4v) is 1.58. The zero-order valence-corrected chi connectivity index (χ0v) is 7.33. The molecule has 0 aliphatic rings. The second-order valence-electron chi connectivity index (χ2n) is 2.29. The first kappa shape index (κ1) is 9.29. The lowest BCUT2D eigenvalue weighted by Gasteiger charge is -2.04. The van der Waals surface area contributed by atoms with Crippen molar-refractivity contribution in [3.8, 4) is 0 Å². The van der Waals surface area contributed by atoms with Crippen LogP contribution < -0.4 is 0 Å². The van der Waals surface area contributed by atoms with Gasteiger partial charge in [0.1, 0.15) is 6.29 Å². The van der Waals surface area contributed by atoms with Crippen LogP contribution in [0.15, 0.2) is 35.2 Å². The van der Waals surface area contributed by atoms with Crippen molar-refractivity contribution >= 4 is 18.0 Å². The van der Waals surface area contributed by atoms with Crippen molar-refractivity contribution in [2.24, 2.45) is 0 Å². The molecule has 1 aromatic rings. The maximum atomic E-state index is 10.4. The van der Waals surface area contributed by atoms with Gasteiger partial charge in [-0.25, -0.2) is 0 Å². The summed E-state index contributed by atoms with van der Waals surface area (Å²) in [6.45, 7) is -0.108. The molecule has 3 heteroatoms. The van der Waals surface area contributed by atoms with Crippen LogP contribution in [0.3, 0.4) is 0 Å². The highest BCUT2D eigenvalue weighted by Crippen LogP contribution is 2.20. The molecule has 0 saturated carbocycles. The topological polar surface area (TPSA) is 37.3 Å². The van der Waals surface area contributed by atoms with Gasteiger partial charge >= 0.3 is 0 Å². The summed E-state index contributed by atoms with van der Waals surface area (Å²) in [4.78, 5) is 11.4. The Labute approximate surface area is 75.6 Å². The van der Waals surface area contributed by atoms with E-state index in [2.05, 4.69) is 0 Å². The quantitative estimate of drug-likeness (QED) is 0.564. The van der Waals surface area contributed by atoms with Gasteiger partial charge in [0.05, 0.1) is 11.9 Å². The number of carbonyl (C=O) groups excluding carboxylic acids is 1. The van der Waals surface area contributed by atoms with Gasteiger partial charge in [-0.1, -0.05) is 18.2 Å². The van der Waals surface area contributed by atoms with E-state index in [1.54, 1.807) is 0 Å². The lowest BCUT2D eigenvalue weighted by atomic mass is 10.4. The first-order valence-corrected chi connectivity index (χ1v) is 4.52. The Balaban J connectivity index is 2.56. The summed E-state index contributed by atoms with van der Waals surface area (Å²) in [6.07, 6.45) is 0.762. The molecule has 0 aromatic heterocycles. The van der Waals surface area contributed by atoms with Gasteiger partial charge < -0.3 is 9.90 Å². The van der Waals surface area contributed by atoms with Crippen molar-refractivity contribution in [3.63, 3.8) is 0 Å². The Bertz CT molecular complexity index is 236. The van der Waals surface area contributed by atoms with E-state index < -0.39 is 0 Å². The maximum absolute atomic E-state index is 10.4. The van der Waals surface area contributed by atoms with E-state index in [0.29, 0.717) is 0 Å². The molecule has 1 rings (SSSR count). The number of carbonyl (C=O) groups is 1. The average Bonchev–Trinajstić information content (AvgIpc) is 2.16. The summed E-state index contributed by atoms with van der Waals surface area (Å²) in [6, 6.07) is 9.55. The Hall–Kier alpha value is -0.800. The van der Waals surface area contributed by atoms with Gasteiger partial charge in [-0.2, -0.15) is 0 Å². The predicted octanol–water partition coefficient (Wildman–Crippen LogP) is 1.34. The first-order chi connectivity index (χ1) is 5.86. The molecule has 1 atom stereocenters. The van der Waals surface area contributed by atoms with Crippen molar-refractivity contribution < 1.29 is 9.90 Å². The minimum Gasteiger partial charge on any atom is -0.395 e. The van der Waals surface area contributed by atoms with Crippen LogP contribution >= 0.6 is 11.8 Å². The normalized spacial score (nSPS) is 12.4. The molecule has 0 bridgehead atoms. The molecule has 1 aromatic carbocycles. The molecule has 0 heterocycles. The molecule has 2 nitrogen and oxygen atoms in total. The third-order valence-corrected chi connectivity index (χ3v) is 2.47. The molecule has 1 unspecified atom stereocenters. The summed E-state index contributed by atoms with van der Waals surface area (Å²) in [5.74, 6) is 0. The third-order valence-electron chi connectivity index (χ3n) is 1.36. The standard InChI is InChI=1S/C9H10O2S/c10-6-9(7-11)12-8-4-2-1-3-5-8/h1-6,9,11H,7H2. The minimum atomic E-state index is -0.340. The number of aliphatic hydroxyl groups excluding tert-OH is 1. The fourth-order valence-electron chi connectivity index (χ4n) is 0.782. The molecule has 0 radical (unpaired) electrons. The van der Waals surface area contributed by atoms with E-state index in [4.69, 9.17) is 5.11 Å². The summed E-state index contributed by atoms with van der Waals surface area (Å²) in [7, 11) is 0. The van der Waals surface area contributed by atoms with Gasteiger partial charge in [-0.15, -0.1) is 11.8 Å². The monoisotopic (exact) mass is 182 g/mol. The Morgan fingerprint density at radius 2 is 2.08 bits per heavy atom. The molecule has 0 fully saturated rings. The molecule has 1 N–H and O–H groups in total. The average molecular weight is 182 g/mol. The van der Waals surface area contributed by atoms with Crippen LogP contribution in [-0.2, 0) is 4.79 Å². The van der Waals surface area contributed by atoms with Gasteiger partial charge in [0.25, 0.3) is 0 Å². The molecule has 0 spiro atoms. The van der Waals surface area contributed by atoms with Crippen LogP contribution in [0.4, 0.5) is 0 Å². The highest BCUT2D eigenvalue weighted by molar-refractivity contribution is 8.00. The largest absolute Gasteiger partial charge is 0.395 e. The van der Waals surface area contributed by atoms with E-state index >= 15 is 0 Å². The molecule has 0 aliphatic carbocycles. The minimum absolute atomic E-state index is 0.108. The van der Waals surface area contributed by atoms with Crippen LogP contribution in [0.2, 0.25) is 0 Å². The fraction of sp³-hybridized carbons (Fsp3) is 0.222. The van der Waals surface area contributed by atoms with Gasteiger partial charge in [0, 0.05) is 4.90 Å². The zero-order chi connectivity index (χ0) is 8.81. The molecule has 0 aliphatic heterocycles. The van der Waals surface area contributed by atoms with Crippen molar-refractivity contribution in [3.05, 3.63) is 30.3 Å². The van der Waals surface area contributed by atoms with E-state index in [-0.39, 0.29) is 11.9 Å². The number of hydrogen-bond donors (Lipinski definition) is 1. The van der Waals surface area contributed by atoms with Crippen molar-refractivity contribution in [2.75, 3.05) is 6.61 Å². The number of hydrogen-bond acceptors (Lipinski definition) is 3. The van der Waals surface area contributed by atoms with Crippen LogP contribution in [0, 0.1) is 0 Å². The van der Waals surface area contributed by atoms with E-state index in [1.807, 2.05) is 30.3 Å². The maximum Gasteiger partial charge on any atom is 0.135 e. The molecule has 12 heavy (non-hydrogen) atoms. The van der Waals surface area contributed by atoms with E-state index in [0.717, 1.165) is 11.2 Å². The van der Waals surface area contributed by atoms with Crippen molar-refractivity contribution in [1.29, 1.82) is 0 Å². The summed E-state index contributed by atoms with van der Waals surface area (Å²) >= 11 is 1.37. The predicted molar refractivity (Wildman–Crippen MR) is 49.2 cm³/mol. The molecule has 0 amide bonds. The Kier molecular flexibility index (Phi) is 3.84. The number of rotatable bonds is 4. The van der Waals surface area contributed by atoms with E-state index in [9.17, 15) is 4.79 Å². The van der Waals surface area contributed by atoms with Gasteiger partial charge in [-0.05, 0) is 12.1 Å². The molecule has 0 saturated heterocycles. The molecular formula is C9H10O2S. The second kappa shape index (κ2) is 4.95. The van der Waals surface area contributed by atoms with Gasteiger partial charge in [-0.3, -0.25) is 0 Å². The van der Waals surface area contributed by atoms with Crippen molar-refractivity contribution in [2.45, 2.75) is 10.1 Å². The number of aldehydes is 1. The van der Waals surface area contributed by atoms with Crippen LogP contribution in [0.5, 0.6) is 0 Å². The Morgan fingerprint density at radius 3 is 2.58 bits per heavy atom. The zero-order valence-electron chi connectivity index (χ0n) is 6.51. The van der Waals surface area contributed by atoms with Gasteiger partial charge in [0.2, 0.25) is 0 Å². The van der Waals surface area contributed by atoms with Crippen LogP contribution in [0.25, 0.3) is 0 Å². The van der Waals surface area contributed by atoms with Crippen LogP contribution in [0.1, 0.15) is 0 Å². The number of aliphatic hydroxyl groups is 1. The van der Waals surface area contributed by atoms with Crippen molar-refractivity contribution in [1.82, 2.24) is 0 Å². The first-order valence-electron chi connectivity index (χ1n) is 3.64. The SMILES string of the molecule is O=CC(CO)Sc1ccccc1. The Morgan fingerprint density at radius 1 is 1.42 bits per heavy atom. The lowest BCUT2D eigenvalue weighted by Crippen LogP contribution is -2.08. The number of thioether (sulfide) groups is 1. The third kappa shape index (κ3) is 2.68. The lowest BCUT2D eigenvalue weighted by molar-refractivity contribution is -0.107. The van der Waals surface area contributed by atoms with Crippen LogP contribution in [-0.4, -0.2) is 23.2 Å². The van der Waals surface area contributed by atoms with Gasteiger partial charge in [0.15, 0.2) is 0 Å². The highest BCUT2D eigenvalue weighted by Gasteiger charge is 2.05. The summed E-state index contributed by atoms with van der Waals surface area (Å²) in [5.41, 5.74) is 0. The molecule has 64 valence electrons. The second-order valence-corrected chi connectivity index (χ2v) is 3.60. The summed E-state index contributed by atoms with van der Waals surface area (Å²) < 4.78 is 0. The summed E-state index contributed by atoms with van der Waals surface area (Å²) in [5, 5.41) is 8.39.